The molecule has 0 unspecified atom stereocenters. The van der Waals surface area contributed by atoms with Crippen molar-refractivity contribution in [3.63, 3.8) is 0 Å². The summed E-state index contributed by atoms with van der Waals surface area (Å²) in [4.78, 5) is 33.9. The lowest BCUT2D eigenvalue weighted by atomic mass is 9.98. The number of halogens is 2. The van der Waals surface area contributed by atoms with Gasteiger partial charge in [0.05, 0.1) is 39.6 Å². The van der Waals surface area contributed by atoms with Crippen LogP contribution in [-0.4, -0.2) is 54.0 Å². The lowest BCUT2D eigenvalue weighted by molar-refractivity contribution is 0.0696. The van der Waals surface area contributed by atoms with Crippen molar-refractivity contribution in [2.24, 2.45) is 7.05 Å². The molecule has 0 bridgehead atoms. The quantitative estimate of drug-likeness (QED) is 0.138. The average molecular weight is 790 g/mol. The second-order valence-electron chi connectivity index (χ2n) is 14.6. The number of ether oxygens (including phenoxy) is 1. The fourth-order valence-electron chi connectivity index (χ4n) is 8.31. The molecule has 0 saturated heterocycles. The van der Waals surface area contributed by atoms with E-state index in [4.69, 9.17) is 33.0 Å². The number of aryl methyl sites for hydroxylation is 6. The third-order valence-corrected chi connectivity index (χ3v) is 11.9. The molecule has 7 aromatic rings. The number of hydrogen-bond donors (Lipinski definition) is 1. The Bertz CT molecular complexity index is 2670. The SMILES string of the molecule is Cc1cc(OCCCc2c3n(c4c(-c5c(C)nn(C)c5C)c(Cl)ccc24)CCCN(c2cc(C(=O)O)cc4c2ccn4Cc2cccnc2)C3=O)cc(C)c1Cl. The zero-order valence-corrected chi connectivity index (χ0v) is 33.5. The third-order valence-electron chi connectivity index (χ3n) is 11.0. The van der Waals surface area contributed by atoms with Crippen molar-refractivity contribution in [1.29, 1.82) is 0 Å². The van der Waals surface area contributed by atoms with Crippen LogP contribution in [0.5, 0.6) is 5.75 Å². The van der Waals surface area contributed by atoms with E-state index in [1.54, 1.807) is 29.4 Å². The Balaban J connectivity index is 1.26. The minimum atomic E-state index is -1.06. The molecule has 5 heterocycles. The Morgan fingerprint density at radius 2 is 1.75 bits per heavy atom. The average Bonchev–Trinajstić information content (AvgIpc) is 3.76. The molecule has 8 rings (SSSR count). The molecule has 286 valence electrons. The van der Waals surface area contributed by atoms with Gasteiger partial charge in [-0.05, 0) is 112 Å². The molecule has 1 amide bonds. The van der Waals surface area contributed by atoms with E-state index in [9.17, 15) is 9.90 Å². The number of aromatic nitrogens is 5. The first-order chi connectivity index (χ1) is 26.9. The summed E-state index contributed by atoms with van der Waals surface area (Å²) in [6.45, 7) is 9.82. The summed E-state index contributed by atoms with van der Waals surface area (Å²) in [5, 5.41) is 18.1. The molecular weight excluding hydrogens is 747 g/mol. The van der Waals surface area contributed by atoms with E-state index in [1.165, 1.54) is 0 Å². The number of amides is 1. The number of hydrogen-bond acceptors (Lipinski definition) is 5. The van der Waals surface area contributed by atoms with E-state index < -0.39 is 5.97 Å². The first kappa shape index (κ1) is 37.3. The Morgan fingerprint density at radius 1 is 0.964 bits per heavy atom. The van der Waals surface area contributed by atoms with Gasteiger partial charge >= 0.3 is 5.97 Å². The number of carboxylic acid groups (broad SMARTS) is 1. The summed E-state index contributed by atoms with van der Waals surface area (Å²) in [6.07, 6.45) is 7.28. The summed E-state index contributed by atoms with van der Waals surface area (Å²) in [6, 6.07) is 17.0. The monoisotopic (exact) mass is 788 g/mol. The van der Waals surface area contributed by atoms with Gasteiger partial charge in [-0.1, -0.05) is 35.3 Å². The lowest BCUT2D eigenvalue weighted by Crippen LogP contribution is -2.32. The van der Waals surface area contributed by atoms with Gasteiger partial charge in [-0.2, -0.15) is 5.10 Å². The van der Waals surface area contributed by atoms with Gasteiger partial charge in [0.1, 0.15) is 11.4 Å². The molecule has 4 aromatic heterocycles. The highest BCUT2D eigenvalue weighted by molar-refractivity contribution is 6.35. The molecule has 1 N–H and O–H groups in total. The van der Waals surface area contributed by atoms with Crippen LogP contribution in [0.2, 0.25) is 10.0 Å². The van der Waals surface area contributed by atoms with Crippen LogP contribution in [-0.2, 0) is 26.6 Å². The van der Waals surface area contributed by atoms with Crippen molar-refractivity contribution >= 4 is 62.6 Å². The number of carbonyl (C=O) groups excluding carboxylic acids is 1. The number of pyridine rings is 1. The smallest absolute Gasteiger partial charge is 0.335 e. The Morgan fingerprint density at radius 3 is 2.45 bits per heavy atom. The fraction of sp³-hybridized carbons (Fsp3) is 0.273. The van der Waals surface area contributed by atoms with E-state index in [-0.39, 0.29) is 11.5 Å². The Labute approximate surface area is 334 Å². The molecule has 12 heteroatoms. The number of aromatic carboxylic acids is 1. The van der Waals surface area contributed by atoms with Gasteiger partial charge in [0.25, 0.3) is 5.91 Å². The van der Waals surface area contributed by atoms with Crippen molar-refractivity contribution in [1.82, 2.24) is 23.9 Å². The third kappa shape index (κ3) is 6.50. The summed E-state index contributed by atoms with van der Waals surface area (Å²) >= 11 is 13.5. The standard InChI is InChI=1S/C44H42Cl2N6O4/c1-25-19-31(20-26(2)40(25)46)56-18-7-10-32-33-11-12-35(45)39(38-27(3)48-49(5)28(38)4)41(33)52-16-8-15-51(43(53)42(32)52)37-22-30(44(54)55)21-36-34(37)13-17-50(36)24-29-9-6-14-47-23-29/h6,9,11-14,17,19-23H,7-8,10,15-16,18,24H2,1-5H3,(H,54,55). The lowest BCUT2D eigenvalue weighted by Gasteiger charge is -2.23. The zero-order chi connectivity index (χ0) is 39.4. The molecule has 1 aliphatic heterocycles. The van der Waals surface area contributed by atoms with Crippen molar-refractivity contribution in [3.05, 3.63) is 128 Å². The Kier molecular flexibility index (Phi) is 9.88. The van der Waals surface area contributed by atoms with Gasteiger partial charge < -0.3 is 23.9 Å². The number of rotatable bonds is 10. The van der Waals surface area contributed by atoms with Gasteiger partial charge in [0, 0.05) is 77.9 Å². The molecule has 0 atom stereocenters. The molecule has 0 aliphatic carbocycles. The topological polar surface area (TPSA) is 107 Å². The first-order valence-corrected chi connectivity index (χ1v) is 19.5. The molecule has 3 aromatic carbocycles. The van der Waals surface area contributed by atoms with E-state index in [1.807, 2.05) is 92.7 Å². The summed E-state index contributed by atoms with van der Waals surface area (Å²) in [5.41, 5.74) is 10.3. The van der Waals surface area contributed by atoms with Crippen LogP contribution in [0.3, 0.4) is 0 Å². The van der Waals surface area contributed by atoms with Crippen molar-refractivity contribution < 1.29 is 19.4 Å². The van der Waals surface area contributed by atoms with E-state index >= 15 is 4.79 Å². The van der Waals surface area contributed by atoms with Crippen molar-refractivity contribution in [3.8, 4) is 16.9 Å². The highest BCUT2D eigenvalue weighted by Crippen LogP contribution is 2.44. The maximum absolute atomic E-state index is 15.3. The Hall–Kier alpha value is -5.58. The number of anilines is 1. The van der Waals surface area contributed by atoms with E-state index in [0.717, 1.165) is 77.3 Å². The van der Waals surface area contributed by atoms with Crippen LogP contribution >= 0.6 is 23.2 Å². The second kappa shape index (κ2) is 14.8. The first-order valence-electron chi connectivity index (χ1n) is 18.7. The molecule has 1 aliphatic rings. The number of carboxylic acids is 1. The minimum absolute atomic E-state index is 0.109. The van der Waals surface area contributed by atoms with Crippen LogP contribution < -0.4 is 9.64 Å². The van der Waals surface area contributed by atoms with Crippen molar-refractivity contribution in [2.75, 3.05) is 18.1 Å². The maximum Gasteiger partial charge on any atom is 0.335 e. The zero-order valence-electron chi connectivity index (χ0n) is 32.0. The number of carbonyl (C=O) groups is 2. The fourth-order valence-corrected chi connectivity index (χ4v) is 8.67. The van der Waals surface area contributed by atoms with Crippen LogP contribution in [0.4, 0.5) is 5.69 Å². The van der Waals surface area contributed by atoms with E-state index in [2.05, 4.69) is 9.55 Å². The van der Waals surface area contributed by atoms with Gasteiger partial charge in [-0.25, -0.2) is 4.79 Å². The predicted octanol–water partition coefficient (Wildman–Crippen LogP) is 9.74. The number of benzene rings is 3. The second-order valence-corrected chi connectivity index (χ2v) is 15.4. The number of fused-ring (bicyclic) bond motifs is 4. The molecule has 0 fully saturated rings. The summed E-state index contributed by atoms with van der Waals surface area (Å²) < 4.78 is 12.2. The molecule has 56 heavy (non-hydrogen) atoms. The minimum Gasteiger partial charge on any atom is -0.494 e. The van der Waals surface area contributed by atoms with Gasteiger partial charge in [0.2, 0.25) is 0 Å². The predicted molar refractivity (Wildman–Crippen MR) is 222 cm³/mol. The van der Waals surface area contributed by atoms with Crippen molar-refractivity contribution in [2.45, 2.75) is 60.0 Å². The normalized spacial score (nSPS) is 13.1. The summed E-state index contributed by atoms with van der Waals surface area (Å²) in [5.74, 6) is -0.502. The number of nitrogens with zero attached hydrogens (tertiary/aromatic N) is 6. The molecular formula is C44H42Cl2N6O4. The molecule has 0 radical (unpaired) electrons. The highest BCUT2D eigenvalue weighted by Gasteiger charge is 2.33. The van der Waals surface area contributed by atoms with Crippen LogP contribution in [0.15, 0.2) is 73.2 Å². The highest BCUT2D eigenvalue weighted by atomic mass is 35.5. The molecule has 10 nitrogen and oxygen atoms in total. The van der Waals surface area contributed by atoms with Gasteiger partial charge in [0.15, 0.2) is 0 Å². The molecule has 0 spiro atoms. The van der Waals surface area contributed by atoms with Crippen LogP contribution in [0.25, 0.3) is 32.9 Å². The van der Waals surface area contributed by atoms with E-state index in [0.29, 0.717) is 61.9 Å². The largest absolute Gasteiger partial charge is 0.494 e. The summed E-state index contributed by atoms with van der Waals surface area (Å²) in [7, 11) is 1.92. The van der Waals surface area contributed by atoms with Gasteiger partial charge in [-0.15, -0.1) is 0 Å². The van der Waals surface area contributed by atoms with Crippen LogP contribution in [0, 0.1) is 27.7 Å². The molecule has 0 saturated carbocycles. The maximum atomic E-state index is 15.3. The van der Waals surface area contributed by atoms with Crippen LogP contribution in [0.1, 0.15) is 67.3 Å². The van der Waals surface area contributed by atoms with Gasteiger partial charge in [-0.3, -0.25) is 14.5 Å².